The third kappa shape index (κ3) is 2.69. The van der Waals surface area contributed by atoms with Crippen molar-refractivity contribution in [3.63, 3.8) is 0 Å². The topological polar surface area (TPSA) is 40.5 Å². The Morgan fingerprint density at radius 2 is 1.81 bits per heavy atom. The van der Waals surface area contributed by atoms with Crippen LogP contribution in [0.4, 0.5) is 0 Å². The zero-order valence-electron chi connectivity index (χ0n) is 12.1. The molecule has 0 spiro atoms. The molecule has 0 bridgehead atoms. The lowest BCUT2D eigenvalue weighted by Gasteiger charge is -2.13. The maximum Gasteiger partial charge on any atom is 0.222 e. The van der Waals surface area contributed by atoms with Crippen LogP contribution in [-0.4, -0.2) is 15.9 Å². The molecule has 3 nitrogen and oxygen atoms in total. The van der Waals surface area contributed by atoms with Crippen LogP contribution < -0.4 is 0 Å². The zero-order chi connectivity index (χ0) is 14.8. The number of carbonyl (C=O) groups excluding carboxylic acids is 1. The molecule has 1 N–H and O–H groups in total. The number of rotatable bonds is 3. The summed E-state index contributed by atoms with van der Waals surface area (Å²) in [6, 6.07) is 15.6. The van der Waals surface area contributed by atoms with Crippen molar-refractivity contribution in [1.82, 2.24) is 4.90 Å². The first-order chi connectivity index (χ1) is 10.2. The summed E-state index contributed by atoms with van der Waals surface area (Å²) < 4.78 is 0. The fourth-order valence-electron chi connectivity index (χ4n) is 2.81. The Balaban J connectivity index is 1.84. The highest BCUT2D eigenvalue weighted by Gasteiger charge is 2.23. The van der Waals surface area contributed by atoms with Gasteiger partial charge in [-0.3, -0.25) is 4.79 Å². The molecule has 3 rings (SSSR count). The average Bonchev–Trinajstić information content (AvgIpc) is 2.97. The number of benzene rings is 2. The lowest BCUT2D eigenvalue weighted by Crippen LogP contribution is -2.23. The second kappa shape index (κ2) is 5.70. The minimum Gasteiger partial charge on any atom is -0.384 e. The summed E-state index contributed by atoms with van der Waals surface area (Å²) in [4.78, 5) is 13.7. The van der Waals surface area contributed by atoms with E-state index >= 15 is 0 Å². The van der Waals surface area contributed by atoms with Crippen LogP contribution in [-0.2, 0) is 17.9 Å². The van der Waals surface area contributed by atoms with Crippen LogP contribution in [0.5, 0.6) is 0 Å². The van der Waals surface area contributed by atoms with Crippen molar-refractivity contribution >= 4 is 5.91 Å². The van der Waals surface area contributed by atoms with Gasteiger partial charge in [0.05, 0.1) is 0 Å². The fourth-order valence-corrected chi connectivity index (χ4v) is 2.81. The van der Waals surface area contributed by atoms with Crippen molar-refractivity contribution in [2.45, 2.75) is 32.5 Å². The van der Waals surface area contributed by atoms with Crippen molar-refractivity contribution in [2.75, 3.05) is 0 Å². The molecular formula is C18H19NO2. The molecule has 0 radical (unpaired) electrons. The Labute approximate surface area is 124 Å². The Bertz CT molecular complexity index is 652. The summed E-state index contributed by atoms with van der Waals surface area (Å²) in [5.74, 6) is 0.177. The van der Waals surface area contributed by atoms with Crippen LogP contribution in [0, 0.1) is 0 Å². The quantitative estimate of drug-likeness (QED) is 0.939. The summed E-state index contributed by atoms with van der Waals surface area (Å²) >= 11 is 0. The van der Waals surface area contributed by atoms with Crippen LogP contribution in [0.1, 0.15) is 41.7 Å². The Hall–Kier alpha value is -2.13. The number of nitrogens with zero attached hydrogens (tertiary/aromatic N) is 1. The van der Waals surface area contributed by atoms with Gasteiger partial charge in [-0.05, 0) is 22.3 Å². The van der Waals surface area contributed by atoms with E-state index in [9.17, 15) is 9.90 Å². The third-order valence-corrected chi connectivity index (χ3v) is 4.04. The van der Waals surface area contributed by atoms with E-state index in [1.54, 1.807) is 0 Å². The van der Waals surface area contributed by atoms with Gasteiger partial charge in [-0.25, -0.2) is 0 Å². The van der Waals surface area contributed by atoms with Gasteiger partial charge >= 0.3 is 0 Å². The molecule has 0 aliphatic carbocycles. The molecule has 1 amide bonds. The average molecular weight is 281 g/mol. The molecule has 21 heavy (non-hydrogen) atoms. The number of carbonyl (C=O) groups is 1. The van der Waals surface area contributed by atoms with E-state index in [-0.39, 0.29) is 5.91 Å². The highest BCUT2D eigenvalue weighted by Crippen LogP contribution is 2.29. The largest absolute Gasteiger partial charge is 0.384 e. The summed E-state index contributed by atoms with van der Waals surface area (Å²) in [5, 5.41) is 10.5. The standard InChI is InChI=1S/C18H19NO2/c1-2-17(20)19-11-15-9-8-14(10-16(15)12-19)18(21)13-6-4-3-5-7-13/h3-10,18,21H,2,11-12H2,1H3. The number of aliphatic hydroxyl groups is 1. The van der Waals surface area contributed by atoms with E-state index in [0.717, 1.165) is 16.7 Å². The van der Waals surface area contributed by atoms with Gasteiger partial charge in [0.1, 0.15) is 6.10 Å². The lowest BCUT2D eigenvalue weighted by molar-refractivity contribution is -0.131. The smallest absolute Gasteiger partial charge is 0.222 e. The summed E-state index contributed by atoms with van der Waals surface area (Å²) in [6.45, 7) is 3.22. The van der Waals surface area contributed by atoms with Crippen LogP contribution in [0.25, 0.3) is 0 Å². The number of hydrogen-bond acceptors (Lipinski definition) is 2. The van der Waals surface area contributed by atoms with Crippen LogP contribution in [0.2, 0.25) is 0 Å². The van der Waals surface area contributed by atoms with Gasteiger partial charge in [-0.15, -0.1) is 0 Å². The third-order valence-electron chi connectivity index (χ3n) is 4.04. The summed E-state index contributed by atoms with van der Waals surface area (Å²) in [5.41, 5.74) is 4.09. The Morgan fingerprint density at radius 1 is 1.10 bits per heavy atom. The van der Waals surface area contributed by atoms with Gasteiger partial charge in [0.15, 0.2) is 0 Å². The highest BCUT2D eigenvalue weighted by atomic mass is 16.3. The van der Waals surface area contributed by atoms with Crippen LogP contribution in [0.15, 0.2) is 48.5 Å². The second-order valence-corrected chi connectivity index (χ2v) is 5.44. The molecule has 3 heteroatoms. The number of hydrogen-bond donors (Lipinski definition) is 1. The van der Waals surface area contributed by atoms with Gasteiger partial charge in [0.2, 0.25) is 5.91 Å². The molecule has 0 saturated carbocycles. The number of aliphatic hydroxyl groups excluding tert-OH is 1. The van der Waals surface area contributed by atoms with Crippen molar-refractivity contribution < 1.29 is 9.90 Å². The molecule has 1 atom stereocenters. The first-order valence-corrected chi connectivity index (χ1v) is 7.31. The van der Waals surface area contributed by atoms with Crippen molar-refractivity contribution in [1.29, 1.82) is 0 Å². The van der Waals surface area contributed by atoms with Gasteiger partial charge < -0.3 is 10.0 Å². The monoisotopic (exact) mass is 281 g/mol. The predicted molar refractivity (Wildman–Crippen MR) is 81.5 cm³/mol. The molecule has 1 unspecified atom stereocenters. The van der Waals surface area contributed by atoms with Gasteiger partial charge in [0, 0.05) is 19.5 Å². The zero-order valence-corrected chi connectivity index (χ0v) is 12.1. The van der Waals surface area contributed by atoms with E-state index in [1.807, 2.05) is 60.4 Å². The first kappa shape index (κ1) is 13.8. The minimum atomic E-state index is -0.618. The molecule has 0 aromatic heterocycles. The second-order valence-electron chi connectivity index (χ2n) is 5.44. The summed E-state index contributed by atoms with van der Waals surface area (Å²) in [7, 11) is 0. The molecule has 108 valence electrons. The highest BCUT2D eigenvalue weighted by molar-refractivity contribution is 5.76. The van der Waals surface area contributed by atoms with E-state index < -0.39 is 6.10 Å². The van der Waals surface area contributed by atoms with Crippen molar-refractivity contribution in [2.24, 2.45) is 0 Å². The fraction of sp³-hybridized carbons (Fsp3) is 0.278. The lowest BCUT2D eigenvalue weighted by atomic mass is 9.98. The first-order valence-electron chi connectivity index (χ1n) is 7.31. The van der Waals surface area contributed by atoms with E-state index in [2.05, 4.69) is 0 Å². The molecule has 1 aliphatic rings. The predicted octanol–water partition coefficient (Wildman–Crippen LogP) is 3.02. The molecule has 1 aliphatic heterocycles. The minimum absolute atomic E-state index is 0.177. The maximum absolute atomic E-state index is 11.8. The van der Waals surface area contributed by atoms with Gasteiger partial charge in [-0.2, -0.15) is 0 Å². The number of fused-ring (bicyclic) bond motifs is 1. The normalized spacial score (nSPS) is 14.9. The van der Waals surface area contributed by atoms with Crippen LogP contribution >= 0.6 is 0 Å². The molecule has 2 aromatic rings. The van der Waals surface area contributed by atoms with E-state index in [1.165, 1.54) is 5.56 Å². The summed E-state index contributed by atoms with van der Waals surface area (Å²) in [6.07, 6.45) is -0.0829. The maximum atomic E-state index is 11.8. The van der Waals surface area contributed by atoms with Crippen molar-refractivity contribution in [3.8, 4) is 0 Å². The Morgan fingerprint density at radius 3 is 2.52 bits per heavy atom. The molecule has 1 heterocycles. The van der Waals surface area contributed by atoms with Crippen LogP contribution in [0.3, 0.4) is 0 Å². The molecule has 0 fully saturated rings. The van der Waals surface area contributed by atoms with Gasteiger partial charge in [-0.1, -0.05) is 55.5 Å². The van der Waals surface area contributed by atoms with Crippen molar-refractivity contribution in [3.05, 3.63) is 70.8 Å². The molecular weight excluding hydrogens is 262 g/mol. The van der Waals surface area contributed by atoms with E-state index in [4.69, 9.17) is 0 Å². The Kier molecular flexibility index (Phi) is 3.76. The molecule has 2 aromatic carbocycles. The van der Waals surface area contributed by atoms with E-state index in [0.29, 0.717) is 19.5 Å². The van der Waals surface area contributed by atoms with Gasteiger partial charge in [0.25, 0.3) is 0 Å². The number of amides is 1. The molecule has 0 saturated heterocycles. The SMILES string of the molecule is CCC(=O)N1Cc2ccc(C(O)c3ccccc3)cc2C1.